The first-order valence-electron chi connectivity index (χ1n) is 13.8. The van der Waals surface area contributed by atoms with Gasteiger partial charge in [-0.1, -0.05) is 6.92 Å². The van der Waals surface area contributed by atoms with Crippen molar-refractivity contribution in [3.8, 4) is 17.3 Å². The SMILES string of the molecule is CCC(F)(F)c1nccc(C(=O)N2CCC(N3CC(CC#N)(n4cc(-c5ncnc6[nH]ccc56)cn4)C3)C(OC)C2)n1. The highest BCUT2D eigenvalue weighted by Crippen LogP contribution is 2.38. The first-order chi connectivity index (χ1) is 20.3. The molecule has 0 spiro atoms. The molecular formula is C28H30F2N10O2. The van der Waals surface area contributed by atoms with Crippen molar-refractivity contribution in [2.45, 2.75) is 49.8 Å². The summed E-state index contributed by atoms with van der Waals surface area (Å²) in [4.78, 5) is 36.4. The molecule has 6 rings (SSSR count). The molecule has 2 saturated heterocycles. The number of halogens is 2. The number of H-pyrrole nitrogens is 1. The van der Waals surface area contributed by atoms with Crippen LogP contribution in [0.15, 0.2) is 43.2 Å². The molecule has 12 nitrogen and oxygen atoms in total. The Morgan fingerprint density at radius 1 is 1.29 bits per heavy atom. The normalized spacial score (nSPS) is 20.8. The number of fused-ring (bicyclic) bond motifs is 1. The van der Waals surface area contributed by atoms with Crippen molar-refractivity contribution < 1.29 is 18.3 Å². The number of hydrogen-bond acceptors (Lipinski definition) is 9. The Balaban J connectivity index is 1.15. The molecule has 6 heterocycles. The van der Waals surface area contributed by atoms with Crippen molar-refractivity contribution in [2.24, 2.45) is 0 Å². The molecule has 0 aliphatic carbocycles. The van der Waals surface area contributed by atoms with E-state index in [4.69, 9.17) is 4.74 Å². The van der Waals surface area contributed by atoms with Crippen LogP contribution in [-0.4, -0.2) is 95.8 Å². The van der Waals surface area contributed by atoms with E-state index in [0.717, 1.165) is 22.3 Å². The van der Waals surface area contributed by atoms with Crippen molar-refractivity contribution >= 4 is 16.9 Å². The lowest BCUT2D eigenvalue weighted by molar-refractivity contribution is -0.0964. The van der Waals surface area contributed by atoms with Gasteiger partial charge < -0.3 is 14.6 Å². The third-order valence-electron chi connectivity index (χ3n) is 8.33. The fourth-order valence-corrected chi connectivity index (χ4v) is 5.95. The molecule has 1 amide bonds. The molecule has 2 unspecified atom stereocenters. The van der Waals surface area contributed by atoms with Gasteiger partial charge in [0.2, 0.25) is 0 Å². The molecule has 4 aromatic heterocycles. The van der Waals surface area contributed by atoms with E-state index < -0.39 is 29.6 Å². The number of alkyl halides is 2. The fourth-order valence-electron chi connectivity index (χ4n) is 5.95. The van der Waals surface area contributed by atoms with Gasteiger partial charge in [0, 0.05) is 75.3 Å². The van der Waals surface area contributed by atoms with Crippen LogP contribution in [0, 0.1) is 11.3 Å². The minimum absolute atomic E-state index is 0.00707. The van der Waals surface area contributed by atoms with Crippen LogP contribution in [0.4, 0.5) is 8.78 Å². The number of amides is 1. The van der Waals surface area contributed by atoms with Crippen LogP contribution in [-0.2, 0) is 16.2 Å². The molecule has 14 heteroatoms. The number of nitriles is 1. The molecular weight excluding hydrogens is 546 g/mol. The van der Waals surface area contributed by atoms with Crippen LogP contribution in [0.3, 0.4) is 0 Å². The fraction of sp³-hybridized carbons (Fsp3) is 0.464. The molecule has 0 radical (unpaired) electrons. The molecule has 42 heavy (non-hydrogen) atoms. The zero-order valence-corrected chi connectivity index (χ0v) is 23.2. The summed E-state index contributed by atoms with van der Waals surface area (Å²) in [6.07, 6.45) is 8.33. The van der Waals surface area contributed by atoms with E-state index in [1.807, 2.05) is 23.1 Å². The predicted octanol–water partition coefficient (Wildman–Crippen LogP) is 2.97. The highest BCUT2D eigenvalue weighted by molar-refractivity contribution is 5.92. The maximum Gasteiger partial charge on any atom is 0.306 e. The number of carbonyl (C=O) groups excluding carboxylic acids is 1. The van der Waals surface area contributed by atoms with E-state index in [2.05, 4.69) is 41.0 Å². The molecule has 2 aliphatic heterocycles. The molecule has 2 aliphatic rings. The molecule has 0 bridgehead atoms. The Hall–Kier alpha value is -4.35. The van der Waals surface area contributed by atoms with Crippen molar-refractivity contribution in [1.82, 2.24) is 44.5 Å². The zero-order valence-electron chi connectivity index (χ0n) is 23.2. The smallest absolute Gasteiger partial charge is 0.306 e. The maximum absolute atomic E-state index is 14.1. The number of carbonyl (C=O) groups is 1. The van der Waals surface area contributed by atoms with Gasteiger partial charge in [0.05, 0.1) is 30.5 Å². The summed E-state index contributed by atoms with van der Waals surface area (Å²) in [6.45, 7) is 3.23. The maximum atomic E-state index is 14.1. The highest BCUT2D eigenvalue weighted by Gasteiger charge is 2.50. The standard InChI is InChI=1S/C28H30F2N10O2/c1-3-28(29,30)26-33-10-5-20(37-26)25(41)38-11-6-21(22(14-38)42-2)39-15-27(16-39,7-8-31)40-13-18(12-36-40)23-19-4-9-32-24(19)35-17-34-23/h4-5,9-10,12-13,17,21-22H,3,6-7,11,14-16H2,1-2H3,(H,32,34,35). The Morgan fingerprint density at radius 2 is 2.12 bits per heavy atom. The number of methoxy groups -OCH3 is 1. The minimum atomic E-state index is -3.20. The zero-order chi connectivity index (χ0) is 29.5. The summed E-state index contributed by atoms with van der Waals surface area (Å²) >= 11 is 0. The van der Waals surface area contributed by atoms with E-state index >= 15 is 0 Å². The van der Waals surface area contributed by atoms with Crippen LogP contribution in [0.1, 0.15) is 42.5 Å². The average Bonchev–Trinajstić information content (AvgIpc) is 3.69. The Morgan fingerprint density at radius 3 is 2.88 bits per heavy atom. The van der Waals surface area contributed by atoms with E-state index in [1.54, 1.807) is 18.2 Å². The summed E-state index contributed by atoms with van der Waals surface area (Å²) in [5.41, 5.74) is 1.77. The number of likely N-dealkylation sites (tertiary alicyclic amines) is 2. The summed E-state index contributed by atoms with van der Waals surface area (Å²) in [5.74, 6) is -4.29. The summed E-state index contributed by atoms with van der Waals surface area (Å²) in [5, 5.41) is 15.2. The largest absolute Gasteiger partial charge is 0.378 e. The van der Waals surface area contributed by atoms with Crippen molar-refractivity contribution in [1.29, 1.82) is 5.26 Å². The molecule has 0 saturated carbocycles. The number of aromatic nitrogens is 7. The van der Waals surface area contributed by atoms with Gasteiger partial charge in [0.15, 0.2) is 5.82 Å². The lowest BCUT2D eigenvalue weighted by atomic mass is 9.83. The van der Waals surface area contributed by atoms with Crippen molar-refractivity contribution in [2.75, 3.05) is 33.3 Å². The van der Waals surface area contributed by atoms with Crippen molar-refractivity contribution in [3.05, 3.63) is 54.8 Å². The second kappa shape index (κ2) is 10.8. The number of ether oxygens (including phenoxy) is 1. The molecule has 4 aromatic rings. The van der Waals surface area contributed by atoms with Gasteiger partial charge in [-0.25, -0.2) is 19.9 Å². The lowest BCUT2D eigenvalue weighted by Crippen LogP contribution is -2.69. The summed E-state index contributed by atoms with van der Waals surface area (Å²) < 4.78 is 36.0. The molecule has 2 fully saturated rings. The summed E-state index contributed by atoms with van der Waals surface area (Å²) in [6, 6.07) is 5.61. The van der Waals surface area contributed by atoms with E-state index in [-0.39, 0.29) is 30.8 Å². The van der Waals surface area contributed by atoms with Gasteiger partial charge >= 0.3 is 5.92 Å². The Kier molecular flexibility index (Phi) is 7.15. The van der Waals surface area contributed by atoms with Crippen LogP contribution >= 0.6 is 0 Å². The topological polar surface area (TPSA) is 142 Å². The first kappa shape index (κ1) is 27.8. The van der Waals surface area contributed by atoms with Gasteiger partial charge in [-0.05, 0) is 18.6 Å². The molecule has 218 valence electrons. The Bertz CT molecular complexity index is 1640. The monoisotopic (exact) mass is 576 g/mol. The van der Waals surface area contributed by atoms with Gasteiger partial charge in [-0.15, -0.1) is 0 Å². The minimum Gasteiger partial charge on any atom is -0.378 e. The average molecular weight is 577 g/mol. The first-order valence-corrected chi connectivity index (χ1v) is 13.8. The van der Waals surface area contributed by atoms with Gasteiger partial charge in [0.25, 0.3) is 5.91 Å². The third-order valence-corrected chi connectivity index (χ3v) is 8.33. The lowest BCUT2D eigenvalue weighted by Gasteiger charge is -2.55. The van der Waals surface area contributed by atoms with Crippen LogP contribution in [0.5, 0.6) is 0 Å². The molecule has 1 N–H and O–H groups in total. The van der Waals surface area contributed by atoms with Crippen LogP contribution in [0.2, 0.25) is 0 Å². The van der Waals surface area contributed by atoms with Gasteiger partial charge in [0.1, 0.15) is 23.2 Å². The predicted molar refractivity (Wildman–Crippen MR) is 146 cm³/mol. The number of rotatable bonds is 8. The van der Waals surface area contributed by atoms with Gasteiger partial charge in [-0.3, -0.25) is 14.4 Å². The van der Waals surface area contributed by atoms with E-state index in [0.29, 0.717) is 26.1 Å². The number of nitrogens with zero attached hydrogens (tertiary/aromatic N) is 9. The molecule has 2 atom stereocenters. The molecule has 0 aromatic carbocycles. The quantitative estimate of drug-likeness (QED) is 0.335. The Labute approximate surface area is 240 Å². The number of hydrogen-bond donors (Lipinski definition) is 1. The van der Waals surface area contributed by atoms with Gasteiger partial charge in [-0.2, -0.15) is 19.1 Å². The van der Waals surface area contributed by atoms with Crippen LogP contribution in [0.25, 0.3) is 22.3 Å². The van der Waals surface area contributed by atoms with Crippen LogP contribution < -0.4 is 0 Å². The highest BCUT2D eigenvalue weighted by atomic mass is 19.3. The van der Waals surface area contributed by atoms with E-state index in [1.165, 1.54) is 25.5 Å². The second-order valence-corrected chi connectivity index (χ2v) is 10.8. The van der Waals surface area contributed by atoms with E-state index in [9.17, 15) is 18.8 Å². The third kappa shape index (κ3) is 4.78. The van der Waals surface area contributed by atoms with Crippen molar-refractivity contribution in [3.63, 3.8) is 0 Å². The number of nitrogens with one attached hydrogen (secondary N) is 1. The summed E-state index contributed by atoms with van der Waals surface area (Å²) in [7, 11) is 1.60. The number of piperidine rings is 1. The second-order valence-electron chi connectivity index (χ2n) is 10.8. The number of aromatic amines is 1.